The summed E-state index contributed by atoms with van der Waals surface area (Å²) >= 11 is 5.22. The van der Waals surface area contributed by atoms with Crippen LogP contribution in [-0.2, 0) is 0 Å². The van der Waals surface area contributed by atoms with Gasteiger partial charge >= 0.3 is 0 Å². The monoisotopic (exact) mass is 301 g/mol. The van der Waals surface area contributed by atoms with Gasteiger partial charge in [-0.05, 0) is 36.4 Å². The Morgan fingerprint density at radius 2 is 1.81 bits per heavy atom. The number of phenols is 2. The number of hydrogen-bond acceptors (Lipinski definition) is 4. The van der Waals surface area contributed by atoms with Crippen LogP contribution in [0.25, 0.3) is 0 Å². The predicted molar refractivity (Wildman–Crippen MR) is 86.2 cm³/mol. The molecule has 21 heavy (non-hydrogen) atoms. The van der Waals surface area contributed by atoms with Gasteiger partial charge in [-0.15, -0.1) is 0 Å². The molecule has 0 radical (unpaired) electrons. The average molecular weight is 301 g/mol. The molecule has 0 aliphatic heterocycles. The molecule has 0 atom stereocenters. The number of ketones is 1. The van der Waals surface area contributed by atoms with Gasteiger partial charge in [0.2, 0.25) is 0 Å². The number of carbonyl (C=O) groups is 1. The first-order chi connectivity index (χ1) is 10.0. The number of Topliss-reactive ketones (excluding diaryl/α,β-unsaturated/α-hetero) is 1. The number of anilines is 1. The third kappa shape index (κ3) is 3.58. The minimum absolute atomic E-state index is 0.0264. The molecule has 4 nitrogen and oxygen atoms in total. The van der Waals surface area contributed by atoms with E-state index in [-0.39, 0.29) is 17.3 Å². The number of nitrogens with one attached hydrogen (secondary N) is 1. The minimum atomic E-state index is -0.0923. The molecule has 0 amide bonds. The predicted octanol–water partition coefficient (Wildman–Crippen LogP) is 3.48. The van der Waals surface area contributed by atoms with Crippen LogP contribution in [0.1, 0.15) is 29.3 Å². The molecule has 2 aromatic carbocycles. The zero-order valence-electron chi connectivity index (χ0n) is 11.5. The van der Waals surface area contributed by atoms with E-state index in [9.17, 15) is 15.0 Å². The Morgan fingerprint density at radius 1 is 1.14 bits per heavy atom. The van der Waals surface area contributed by atoms with Crippen LogP contribution in [0.3, 0.4) is 0 Å². The highest BCUT2D eigenvalue weighted by Crippen LogP contribution is 2.24. The lowest BCUT2D eigenvalue weighted by atomic mass is 10.1. The number of benzene rings is 2. The molecule has 0 bridgehead atoms. The van der Waals surface area contributed by atoms with E-state index in [1.807, 2.05) is 6.92 Å². The second kappa shape index (κ2) is 6.37. The molecule has 0 fully saturated rings. The van der Waals surface area contributed by atoms with E-state index in [0.29, 0.717) is 22.5 Å². The second-order valence-electron chi connectivity index (χ2n) is 4.51. The van der Waals surface area contributed by atoms with Gasteiger partial charge in [-0.1, -0.05) is 19.1 Å². The molecule has 3 N–H and O–H groups in total. The third-order valence-corrected chi connectivity index (χ3v) is 3.33. The van der Waals surface area contributed by atoms with Crippen molar-refractivity contribution >= 4 is 28.7 Å². The van der Waals surface area contributed by atoms with Gasteiger partial charge in [0.15, 0.2) is 5.78 Å². The highest BCUT2D eigenvalue weighted by molar-refractivity contribution is 7.81. The average Bonchev–Trinajstić information content (AvgIpc) is 2.47. The summed E-state index contributed by atoms with van der Waals surface area (Å²) in [7, 11) is 0. The van der Waals surface area contributed by atoms with Gasteiger partial charge in [0.05, 0.1) is 5.56 Å². The highest BCUT2D eigenvalue weighted by atomic mass is 32.1. The quantitative estimate of drug-likeness (QED) is 0.596. The molecule has 0 aliphatic carbocycles. The maximum absolute atomic E-state index is 11.5. The van der Waals surface area contributed by atoms with Crippen LogP contribution in [0.2, 0.25) is 0 Å². The van der Waals surface area contributed by atoms with Crippen molar-refractivity contribution in [1.82, 2.24) is 0 Å². The maximum Gasteiger partial charge on any atom is 0.162 e. The lowest BCUT2D eigenvalue weighted by molar-refractivity contribution is 0.0988. The van der Waals surface area contributed by atoms with E-state index < -0.39 is 0 Å². The molecule has 0 aliphatic rings. The van der Waals surface area contributed by atoms with Crippen molar-refractivity contribution in [3.05, 3.63) is 53.6 Å². The Morgan fingerprint density at radius 3 is 2.38 bits per heavy atom. The minimum Gasteiger partial charge on any atom is -0.508 e. The number of hydrogen-bond donors (Lipinski definition) is 3. The lowest BCUT2D eigenvalue weighted by Gasteiger charge is -2.10. The van der Waals surface area contributed by atoms with Crippen LogP contribution >= 0.6 is 12.2 Å². The summed E-state index contributed by atoms with van der Waals surface area (Å²) in [6.45, 7) is 1.82. The Balaban J connectivity index is 2.14. The summed E-state index contributed by atoms with van der Waals surface area (Å²) < 4.78 is 0. The summed E-state index contributed by atoms with van der Waals surface area (Å²) in [6.07, 6.45) is 0.465. The first kappa shape index (κ1) is 15.0. The number of rotatable bonds is 4. The van der Waals surface area contributed by atoms with Crippen LogP contribution in [0.15, 0.2) is 42.5 Å². The molecular weight excluding hydrogens is 286 g/mol. The summed E-state index contributed by atoms with van der Waals surface area (Å²) in [6, 6.07) is 11.2. The number of carbonyl (C=O) groups excluding carboxylic acids is 1. The third-order valence-electron chi connectivity index (χ3n) is 3.01. The van der Waals surface area contributed by atoms with Crippen molar-refractivity contribution in [2.45, 2.75) is 13.3 Å². The Labute approximate surface area is 128 Å². The molecule has 5 heteroatoms. The van der Waals surface area contributed by atoms with Crippen molar-refractivity contribution in [3.8, 4) is 11.5 Å². The Kier molecular flexibility index (Phi) is 4.55. The largest absolute Gasteiger partial charge is 0.508 e. The van der Waals surface area contributed by atoms with E-state index in [1.54, 1.807) is 24.3 Å². The van der Waals surface area contributed by atoms with Gasteiger partial charge in [0.1, 0.15) is 16.5 Å². The zero-order valence-corrected chi connectivity index (χ0v) is 12.3. The smallest absolute Gasteiger partial charge is 0.162 e. The molecule has 0 aromatic heterocycles. The van der Waals surface area contributed by atoms with Gasteiger partial charge in [0, 0.05) is 23.7 Å². The van der Waals surface area contributed by atoms with Gasteiger partial charge < -0.3 is 15.5 Å². The normalized spacial score (nSPS) is 10.1. The number of thiocarbonyl (C=S) groups is 1. The fourth-order valence-electron chi connectivity index (χ4n) is 1.85. The second-order valence-corrected chi connectivity index (χ2v) is 4.92. The molecule has 0 heterocycles. The molecular formula is C16H15NO3S. The van der Waals surface area contributed by atoms with Gasteiger partial charge in [-0.25, -0.2) is 0 Å². The van der Waals surface area contributed by atoms with Gasteiger partial charge in [0.25, 0.3) is 0 Å². The van der Waals surface area contributed by atoms with Crippen LogP contribution in [0.4, 0.5) is 5.69 Å². The van der Waals surface area contributed by atoms with Gasteiger partial charge in [-0.3, -0.25) is 4.79 Å². The Bertz CT molecular complexity index is 680. The Hall–Kier alpha value is -2.40. The van der Waals surface area contributed by atoms with Crippen molar-refractivity contribution in [3.63, 3.8) is 0 Å². The summed E-state index contributed by atoms with van der Waals surface area (Å²) in [5.74, 6) is -0.0351. The van der Waals surface area contributed by atoms with E-state index >= 15 is 0 Å². The molecule has 2 rings (SSSR count). The molecule has 0 saturated carbocycles. The first-order valence-electron chi connectivity index (χ1n) is 6.48. The maximum atomic E-state index is 11.5. The number of aromatic hydroxyl groups is 2. The van der Waals surface area contributed by atoms with Crippen LogP contribution in [0, 0.1) is 0 Å². The van der Waals surface area contributed by atoms with Crippen LogP contribution < -0.4 is 5.32 Å². The fraction of sp³-hybridized carbons (Fsp3) is 0.125. The molecule has 0 spiro atoms. The summed E-state index contributed by atoms with van der Waals surface area (Å²) in [4.78, 5) is 11.9. The lowest BCUT2D eigenvalue weighted by Crippen LogP contribution is -2.10. The molecule has 108 valence electrons. The summed E-state index contributed by atoms with van der Waals surface area (Å²) in [5.41, 5.74) is 1.80. The van der Waals surface area contributed by atoms with Crippen molar-refractivity contribution in [2.75, 3.05) is 5.32 Å². The number of phenolic OH excluding ortho intramolecular Hbond substituents is 2. The van der Waals surface area contributed by atoms with E-state index in [2.05, 4.69) is 5.32 Å². The van der Waals surface area contributed by atoms with Crippen LogP contribution in [0.5, 0.6) is 11.5 Å². The van der Waals surface area contributed by atoms with Crippen molar-refractivity contribution in [2.24, 2.45) is 0 Å². The highest BCUT2D eigenvalue weighted by Gasteiger charge is 2.09. The van der Waals surface area contributed by atoms with Crippen LogP contribution in [-0.4, -0.2) is 21.0 Å². The van der Waals surface area contributed by atoms with Crippen molar-refractivity contribution < 1.29 is 15.0 Å². The van der Waals surface area contributed by atoms with Gasteiger partial charge in [-0.2, -0.15) is 0 Å². The first-order valence-corrected chi connectivity index (χ1v) is 6.88. The van der Waals surface area contributed by atoms with E-state index in [1.165, 1.54) is 18.2 Å². The summed E-state index contributed by atoms with van der Waals surface area (Å²) in [5, 5.41) is 22.0. The standard InChI is InChI=1S/C16H15NO3S/c1-2-14(19)10-3-5-11(6-4-10)17-16(21)13-8-7-12(18)9-15(13)20/h3-9,18,20H,2H2,1H3,(H,17,21). The van der Waals surface area contributed by atoms with E-state index in [0.717, 1.165) is 5.69 Å². The molecule has 0 unspecified atom stereocenters. The zero-order chi connectivity index (χ0) is 15.4. The van der Waals surface area contributed by atoms with Crippen molar-refractivity contribution in [1.29, 1.82) is 0 Å². The molecule has 2 aromatic rings. The topological polar surface area (TPSA) is 69.6 Å². The molecule has 0 saturated heterocycles. The fourth-order valence-corrected chi connectivity index (χ4v) is 2.14. The SMILES string of the molecule is CCC(=O)c1ccc(NC(=S)c2ccc(O)cc2O)cc1. The van der Waals surface area contributed by atoms with E-state index in [4.69, 9.17) is 12.2 Å².